The van der Waals surface area contributed by atoms with Crippen molar-refractivity contribution in [1.29, 1.82) is 0 Å². The molecule has 2 aliphatic rings. The van der Waals surface area contributed by atoms with Gasteiger partial charge in [0.2, 0.25) is 11.8 Å². The average molecular weight is 455 g/mol. The van der Waals surface area contributed by atoms with Crippen LogP contribution in [0.3, 0.4) is 0 Å². The summed E-state index contributed by atoms with van der Waals surface area (Å²) < 4.78 is 21.5. The van der Waals surface area contributed by atoms with Gasteiger partial charge in [-0.2, -0.15) is 0 Å². The van der Waals surface area contributed by atoms with Crippen LogP contribution < -0.4 is 23.8 Å². The number of amides is 2. The van der Waals surface area contributed by atoms with E-state index in [1.807, 2.05) is 29.2 Å². The number of hydrogen-bond acceptors (Lipinski definition) is 6. The fourth-order valence-electron chi connectivity index (χ4n) is 4.80. The standard InChI is InChI=1S/C25H30N2O6/c1-30-18-8-9-19(22(14-18)32-3)20-6-5-11-26(20)25(29)16-12-24(28)27(15-16)17-7-10-21(31-2)23(13-17)33-4/h7-10,13-14,16,20H,5-6,11-12,15H2,1-4H3/t16-,20+/m0/s1. The fourth-order valence-corrected chi connectivity index (χ4v) is 4.80. The van der Waals surface area contributed by atoms with Crippen LogP contribution >= 0.6 is 0 Å². The van der Waals surface area contributed by atoms with Gasteiger partial charge in [-0.1, -0.05) is 0 Å². The van der Waals surface area contributed by atoms with Crippen LogP contribution in [0.15, 0.2) is 36.4 Å². The van der Waals surface area contributed by atoms with Crippen molar-refractivity contribution in [2.45, 2.75) is 25.3 Å². The first-order chi connectivity index (χ1) is 16.0. The predicted molar refractivity (Wildman–Crippen MR) is 123 cm³/mol. The molecule has 2 aromatic rings. The summed E-state index contributed by atoms with van der Waals surface area (Å²) in [7, 11) is 6.36. The molecule has 0 spiro atoms. The third-order valence-electron chi connectivity index (χ3n) is 6.49. The Morgan fingerprint density at radius 2 is 1.67 bits per heavy atom. The molecule has 2 amide bonds. The van der Waals surface area contributed by atoms with E-state index in [1.54, 1.807) is 45.5 Å². The lowest BCUT2D eigenvalue weighted by Gasteiger charge is -2.29. The Morgan fingerprint density at radius 3 is 2.36 bits per heavy atom. The molecule has 0 unspecified atom stereocenters. The van der Waals surface area contributed by atoms with E-state index in [9.17, 15) is 9.59 Å². The van der Waals surface area contributed by atoms with Gasteiger partial charge in [0.15, 0.2) is 11.5 Å². The number of carbonyl (C=O) groups is 2. The average Bonchev–Trinajstić information content (AvgIpc) is 3.49. The molecule has 0 aromatic heterocycles. The molecular formula is C25H30N2O6. The zero-order valence-corrected chi connectivity index (χ0v) is 19.5. The molecule has 2 fully saturated rings. The second-order valence-electron chi connectivity index (χ2n) is 8.24. The third kappa shape index (κ3) is 4.29. The monoisotopic (exact) mass is 454 g/mol. The number of rotatable bonds is 7. The molecule has 0 N–H and O–H groups in total. The maximum absolute atomic E-state index is 13.5. The molecule has 0 aliphatic carbocycles. The van der Waals surface area contributed by atoms with Crippen LogP contribution in [0.25, 0.3) is 0 Å². The highest BCUT2D eigenvalue weighted by atomic mass is 16.5. The summed E-state index contributed by atoms with van der Waals surface area (Å²) in [5.41, 5.74) is 1.66. The van der Waals surface area contributed by atoms with Crippen molar-refractivity contribution in [2.75, 3.05) is 46.4 Å². The van der Waals surface area contributed by atoms with Crippen molar-refractivity contribution in [3.8, 4) is 23.0 Å². The molecular weight excluding hydrogens is 424 g/mol. The summed E-state index contributed by atoms with van der Waals surface area (Å²) in [6.45, 7) is 1.01. The Kier molecular flexibility index (Phi) is 6.62. The van der Waals surface area contributed by atoms with Crippen molar-refractivity contribution in [3.63, 3.8) is 0 Å². The molecule has 2 aromatic carbocycles. The second-order valence-corrected chi connectivity index (χ2v) is 8.24. The van der Waals surface area contributed by atoms with Crippen molar-refractivity contribution in [2.24, 2.45) is 5.92 Å². The number of likely N-dealkylation sites (tertiary alicyclic amines) is 1. The van der Waals surface area contributed by atoms with Gasteiger partial charge in [-0.3, -0.25) is 9.59 Å². The minimum absolute atomic E-state index is 0.00620. The first kappa shape index (κ1) is 22.8. The largest absolute Gasteiger partial charge is 0.497 e. The van der Waals surface area contributed by atoms with Gasteiger partial charge in [0.1, 0.15) is 11.5 Å². The number of ether oxygens (including phenoxy) is 4. The number of benzene rings is 2. The van der Waals surface area contributed by atoms with Gasteiger partial charge >= 0.3 is 0 Å². The zero-order chi connectivity index (χ0) is 23.5. The van der Waals surface area contributed by atoms with Gasteiger partial charge in [0.05, 0.1) is 40.4 Å². The van der Waals surface area contributed by atoms with Crippen molar-refractivity contribution in [1.82, 2.24) is 4.90 Å². The molecule has 2 heterocycles. The van der Waals surface area contributed by atoms with Gasteiger partial charge in [0.25, 0.3) is 0 Å². The summed E-state index contributed by atoms with van der Waals surface area (Å²) in [4.78, 5) is 29.9. The molecule has 0 radical (unpaired) electrons. The molecule has 8 nitrogen and oxygen atoms in total. The molecule has 0 saturated carbocycles. The van der Waals surface area contributed by atoms with Crippen molar-refractivity contribution >= 4 is 17.5 Å². The van der Waals surface area contributed by atoms with Gasteiger partial charge in [-0.25, -0.2) is 0 Å². The van der Waals surface area contributed by atoms with E-state index in [1.165, 1.54) is 0 Å². The van der Waals surface area contributed by atoms with E-state index in [4.69, 9.17) is 18.9 Å². The lowest BCUT2D eigenvalue weighted by atomic mass is 10.0. The van der Waals surface area contributed by atoms with Gasteiger partial charge < -0.3 is 28.7 Å². The minimum Gasteiger partial charge on any atom is -0.497 e. The lowest BCUT2D eigenvalue weighted by Crippen LogP contribution is -2.37. The third-order valence-corrected chi connectivity index (χ3v) is 6.49. The molecule has 33 heavy (non-hydrogen) atoms. The van der Waals surface area contributed by atoms with Crippen LogP contribution in [0.2, 0.25) is 0 Å². The Hall–Kier alpha value is -3.42. The van der Waals surface area contributed by atoms with E-state index in [0.717, 1.165) is 18.4 Å². The molecule has 0 bridgehead atoms. The number of nitrogens with zero attached hydrogens (tertiary/aromatic N) is 2. The molecule has 4 rings (SSSR count). The smallest absolute Gasteiger partial charge is 0.228 e. The highest BCUT2D eigenvalue weighted by Crippen LogP contribution is 2.41. The SMILES string of the molecule is COc1ccc([C@H]2CCCN2C(=O)[C@H]2CC(=O)N(c3ccc(OC)c(OC)c3)C2)c(OC)c1. The Balaban J connectivity index is 1.53. The van der Waals surface area contributed by atoms with Crippen LogP contribution in [0.1, 0.15) is 30.9 Å². The number of anilines is 1. The number of hydrogen-bond donors (Lipinski definition) is 0. The fraction of sp³-hybridized carbons (Fsp3) is 0.440. The molecule has 2 atom stereocenters. The first-order valence-electron chi connectivity index (χ1n) is 11.1. The highest BCUT2D eigenvalue weighted by Gasteiger charge is 2.41. The van der Waals surface area contributed by atoms with Gasteiger partial charge in [0, 0.05) is 42.9 Å². The highest BCUT2D eigenvalue weighted by molar-refractivity contribution is 6.00. The lowest BCUT2D eigenvalue weighted by molar-refractivity contribution is -0.136. The second kappa shape index (κ2) is 9.60. The van der Waals surface area contributed by atoms with Crippen LogP contribution in [0, 0.1) is 5.92 Å². The summed E-state index contributed by atoms with van der Waals surface area (Å²) in [6.07, 6.45) is 1.95. The maximum Gasteiger partial charge on any atom is 0.228 e. The molecule has 2 aliphatic heterocycles. The van der Waals surface area contributed by atoms with Crippen molar-refractivity contribution in [3.05, 3.63) is 42.0 Å². The maximum atomic E-state index is 13.5. The Labute approximate surface area is 194 Å². The minimum atomic E-state index is -0.393. The predicted octanol–water partition coefficient (Wildman–Crippen LogP) is 3.44. The van der Waals surface area contributed by atoms with E-state index in [2.05, 4.69) is 0 Å². The summed E-state index contributed by atoms with van der Waals surface area (Å²) >= 11 is 0. The van der Waals surface area contributed by atoms with Crippen molar-refractivity contribution < 1.29 is 28.5 Å². The Morgan fingerprint density at radius 1 is 0.909 bits per heavy atom. The van der Waals surface area contributed by atoms with E-state index < -0.39 is 5.92 Å². The van der Waals surface area contributed by atoms with Crippen LogP contribution in [0.5, 0.6) is 23.0 Å². The van der Waals surface area contributed by atoms with E-state index >= 15 is 0 Å². The van der Waals surface area contributed by atoms with Crippen LogP contribution in [-0.4, -0.2) is 58.2 Å². The number of methoxy groups -OCH3 is 4. The quantitative estimate of drug-likeness (QED) is 0.638. The molecule has 2 saturated heterocycles. The van der Waals surface area contributed by atoms with Gasteiger partial charge in [-0.05, 0) is 37.1 Å². The molecule has 176 valence electrons. The van der Waals surface area contributed by atoms with E-state index in [-0.39, 0.29) is 24.3 Å². The van der Waals surface area contributed by atoms with Gasteiger partial charge in [-0.15, -0.1) is 0 Å². The summed E-state index contributed by atoms with van der Waals surface area (Å²) in [5.74, 6) is 2.09. The molecule has 8 heteroatoms. The summed E-state index contributed by atoms with van der Waals surface area (Å²) in [5, 5.41) is 0. The first-order valence-corrected chi connectivity index (χ1v) is 11.1. The van der Waals surface area contributed by atoms with E-state index in [0.29, 0.717) is 41.8 Å². The zero-order valence-electron chi connectivity index (χ0n) is 19.5. The topological polar surface area (TPSA) is 77.5 Å². The number of carbonyl (C=O) groups excluding carboxylic acids is 2. The van der Waals surface area contributed by atoms with Crippen LogP contribution in [-0.2, 0) is 9.59 Å². The summed E-state index contributed by atoms with van der Waals surface area (Å²) in [6, 6.07) is 11.0. The van der Waals surface area contributed by atoms with Crippen LogP contribution in [0.4, 0.5) is 5.69 Å². The Bertz CT molecular complexity index is 1040. The normalized spacial score (nSPS) is 20.2.